The summed E-state index contributed by atoms with van der Waals surface area (Å²) in [6, 6.07) is 15.3. The van der Waals surface area contributed by atoms with Crippen LogP contribution in [0.3, 0.4) is 0 Å². The number of cyclic esters (lactones) is 1. The molecular weight excluding hydrogens is 758 g/mol. The van der Waals surface area contributed by atoms with Crippen molar-refractivity contribution in [3.63, 3.8) is 0 Å². The molecule has 0 fully saturated rings. The quantitative estimate of drug-likeness (QED) is 0.0605. The SMILES string of the molecule is CCc1c2c(nc3ccc(OCCCNC(=O)CNC(=O)[C@H](Cc4ccccc4)NC(=O)CNC(=O)CN)cc13)-c1cc3c(c(=O)n1C2)COC(=O)[C@]3(O)CC.Cl. The Morgan fingerprint density at radius 3 is 2.46 bits per heavy atom. The first kappa shape index (κ1) is 42.3. The van der Waals surface area contributed by atoms with Crippen LogP contribution in [0.25, 0.3) is 22.3 Å². The summed E-state index contributed by atoms with van der Waals surface area (Å²) in [6.45, 7) is 3.44. The molecule has 2 aliphatic heterocycles. The predicted molar refractivity (Wildman–Crippen MR) is 211 cm³/mol. The highest BCUT2D eigenvalue weighted by Crippen LogP contribution is 2.40. The molecule has 2 aromatic heterocycles. The number of carbonyl (C=O) groups excluding carboxylic acids is 5. The highest BCUT2D eigenvalue weighted by Gasteiger charge is 2.45. The number of amides is 4. The highest BCUT2D eigenvalue weighted by molar-refractivity contribution is 5.93. The van der Waals surface area contributed by atoms with E-state index in [0.29, 0.717) is 42.0 Å². The number of nitrogens with two attached hydrogens (primary N) is 1. The van der Waals surface area contributed by atoms with Crippen molar-refractivity contribution < 1.29 is 38.6 Å². The summed E-state index contributed by atoms with van der Waals surface area (Å²) in [5.74, 6) is -2.23. The molecule has 57 heavy (non-hydrogen) atoms. The van der Waals surface area contributed by atoms with Gasteiger partial charge in [0.2, 0.25) is 23.6 Å². The van der Waals surface area contributed by atoms with E-state index >= 15 is 0 Å². The zero-order valence-corrected chi connectivity index (χ0v) is 32.5. The van der Waals surface area contributed by atoms with Crippen molar-refractivity contribution in [3.05, 3.63) is 92.8 Å². The minimum Gasteiger partial charge on any atom is -0.494 e. The summed E-state index contributed by atoms with van der Waals surface area (Å²) in [5.41, 5.74) is 8.17. The van der Waals surface area contributed by atoms with Crippen molar-refractivity contribution in [2.45, 2.75) is 64.3 Å². The summed E-state index contributed by atoms with van der Waals surface area (Å²) in [4.78, 5) is 80.5. The average molecular weight is 804 g/mol. The van der Waals surface area contributed by atoms with Crippen LogP contribution in [-0.2, 0) is 60.3 Å². The molecule has 0 saturated carbocycles. The number of fused-ring (bicyclic) bond motifs is 5. The van der Waals surface area contributed by atoms with Gasteiger partial charge < -0.3 is 46.1 Å². The first-order chi connectivity index (χ1) is 27.0. The molecule has 4 heterocycles. The average Bonchev–Trinajstić information content (AvgIpc) is 3.57. The van der Waals surface area contributed by atoms with Crippen LogP contribution >= 0.6 is 12.4 Å². The Balaban J connectivity index is 0.00000620. The van der Waals surface area contributed by atoms with Crippen molar-refractivity contribution in [2.24, 2.45) is 5.73 Å². The Kier molecular flexibility index (Phi) is 13.7. The molecule has 6 rings (SSSR count). The summed E-state index contributed by atoms with van der Waals surface area (Å²) in [6.07, 6.45) is 1.37. The third kappa shape index (κ3) is 9.09. The largest absolute Gasteiger partial charge is 0.494 e. The van der Waals surface area contributed by atoms with E-state index in [1.807, 2.05) is 49.4 Å². The van der Waals surface area contributed by atoms with Gasteiger partial charge in [-0.25, -0.2) is 9.78 Å². The third-order valence-corrected chi connectivity index (χ3v) is 10.0. The van der Waals surface area contributed by atoms with Crippen LogP contribution in [0.15, 0.2) is 59.4 Å². The van der Waals surface area contributed by atoms with Gasteiger partial charge in [0.1, 0.15) is 18.4 Å². The topological polar surface area (TPSA) is 233 Å². The van der Waals surface area contributed by atoms with Crippen molar-refractivity contribution in [3.8, 4) is 17.1 Å². The second kappa shape index (κ2) is 18.4. The minimum absolute atomic E-state index is 0. The standard InChI is InChI=1S/C40H45N7O9.ClH/c1-3-25-26-16-24(11-12-30(26)46-36-27(25)21-47-32(36)17-29-28(38(47)52)22-56-39(53)40(29,54)4-2)55-14-8-13-42-34(49)19-44-37(51)31(15-23-9-6-5-7-10-23)45-35(50)20-43-33(48)18-41;/h5-7,9-12,16-17,31,54H,3-4,8,13-15,18-22,41H2,1-2H3,(H,42,49)(H,43,48)(H,44,51)(H,45,50);1H/t31-,40-;/m0./s1. The van der Waals surface area contributed by atoms with E-state index in [1.165, 1.54) is 0 Å². The molecule has 0 unspecified atom stereocenters. The summed E-state index contributed by atoms with van der Waals surface area (Å²) >= 11 is 0. The van der Waals surface area contributed by atoms with Crippen LogP contribution in [0.2, 0.25) is 0 Å². The van der Waals surface area contributed by atoms with E-state index in [0.717, 1.165) is 22.1 Å². The Bertz CT molecular complexity index is 2250. The van der Waals surface area contributed by atoms with E-state index in [2.05, 4.69) is 21.3 Å². The Morgan fingerprint density at radius 1 is 0.982 bits per heavy atom. The van der Waals surface area contributed by atoms with E-state index in [9.17, 15) is 33.9 Å². The molecule has 302 valence electrons. The minimum atomic E-state index is -1.90. The molecule has 4 amide bonds. The first-order valence-corrected chi connectivity index (χ1v) is 18.6. The van der Waals surface area contributed by atoms with E-state index < -0.39 is 41.2 Å². The van der Waals surface area contributed by atoms with E-state index in [-0.39, 0.29) is 81.3 Å². The van der Waals surface area contributed by atoms with Crippen LogP contribution in [0.1, 0.15) is 54.5 Å². The zero-order valence-electron chi connectivity index (χ0n) is 31.6. The van der Waals surface area contributed by atoms with Gasteiger partial charge in [-0.1, -0.05) is 44.2 Å². The van der Waals surface area contributed by atoms with Crippen LogP contribution in [0.4, 0.5) is 0 Å². The number of aliphatic hydroxyl groups is 1. The lowest BCUT2D eigenvalue weighted by Crippen LogP contribution is -2.52. The Hall–Kier alpha value is -5.84. The molecule has 0 bridgehead atoms. The molecule has 2 atom stereocenters. The maximum Gasteiger partial charge on any atom is 0.343 e. The van der Waals surface area contributed by atoms with Gasteiger partial charge in [0.05, 0.1) is 55.3 Å². The van der Waals surface area contributed by atoms with Crippen molar-refractivity contribution in [2.75, 3.05) is 32.8 Å². The van der Waals surface area contributed by atoms with E-state index in [4.69, 9.17) is 20.2 Å². The molecule has 0 radical (unpaired) electrons. The number of aromatic nitrogens is 2. The fraction of sp³-hybridized carbons (Fsp3) is 0.375. The van der Waals surface area contributed by atoms with Gasteiger partial charge in [0, 0.05) is 29.5 Å². The van der Waals surface area contributed by atoms with Crippen molar-refractivity contribution in [1.29, 1.82) is 0 Å². The van der Waals surface area contributed by atoms with Crippen molar-refractivity contribution in [1.82, 2.24) is 30.8 Å². The monoisotopic (exact) mass is 803 g/mol. The molecule has 0 saturated heterocycles. The number of benzene rings is 2. The number of hydrogen-bond donors (Lipinski definition) is 6. The number of ether oxygens (including phenoxy) is 2. The molecular formula is C40H46ClN7O9. The molecule has 0 spiro atoms. The zero-order chi connectivity index (χ0) is 40.0. The van der Waals surface area contributed by atoms with Gasteiger partial charge in [0.25, 0.3) is 5.56 Å². The number of pyridine rings is 2. The van der Waals surface area contributed by atoms with Gasteiger partial charge in [-0.3, -0.25) is 24.0 Å². The second-order valence-corrected chi connectivity index (χ2v) is 13.6. The number of aryl methyl sites for hydroxylation is 1. The van der Waals surface area contributed by atoms with Crippen LogP contribution in [0, 0.1) is 0 Å². The van der Waals surface area contributed by atoms with Gasteiger partial charge in [-0.05, 0) is 54.7 Å². The first-order valence-electron chi connectivity index (χ1n) is 18.6. The lowest BCUT2D eigenvalue weighted by molar-refractivity contribution is -0.172. The van der Waals surface area contributed by atoms with Gasteiger partial charge >= 0.3 is 5.97 Å². The number of esters is 1. The number of nitrogens with one attached hydrogen (secondary N) is 4. The summed E-state index contributed by atoms with van der Waals surface area (Å²) in [5, 5.41) is 22.3. The fourth-order valence-electron chi connectivity index (χ4n) is 7.03. The molecule has 17 heteroatoms. The summed E-state index contributed by atoms with van der Waals surface area (Å²) in [7, 11) is 0. The number of rotatable bonds is 16. The van der Waals surface area contributed by atoms with Gasteiger partial charge in [-0.15, -0.1) is 12.4 Å². The molecule has 2 aliphatic rings. The third-order valence-electron chi connectivity index (χ3n) is 10.0. The normalized spacial score (nSPS) is 15.5. The van der Waals surface area contributed by atoms with Crippen LogP contribution in [-0.4, -0.2) is 83.1 Å². The Morgan fingerprint density at radius 2 is 1.74 bits per heavy atom. The lowest BCUT2D eigenvalue weighted by Gasteiger charge is -2.31. The van der Waals surface area contributed by atoms with Gasteiger partial charge in [0.15, 0.2) is 5.60 Å². The molecule has 16 nitrogen and oxygen atoms in total. The maximum atomic E-state index is 13.6. The highest BCUT2D eigenvalue weighted by atomic mass is 35.5. The fourth-order valence-corrected chi connectivity index (χ4v) is 7.03. The van der Waals surface area contributed by atoms with Gasteiger partial charge in [-0.2, -0.15) is 0 Å². The number of nitrogens with zero attached hydrogens (tertiary/aromatic N) is 2. The number of halogens is 1. The molecule has 4 aromatic rings. The maximum absolute atomic E-state index is 13.6. The smallest absolute Gasteiger partial charge is 0.343 e. The number of hydrogen-bond acceptors (Lipinski definition) is 11. The van der Waals surface area contributed by atoms with Crippen LogP contribution in [0.5, 0.6) is 5.75 Å². The Labute approximate surface area is 334 Å². The molecule has 0 aliphatic carbocycles. The summed E-state index contributed by atoms with van der Waals surface area (Å²) < 4.78 is 12.8. The molecule has 7 N–H and O–H groups in total. The van der Waals surface area contributed by atoms with Crippen LogP contribution < -0.4 is 37.3 Å². The lowest BCUT2D eigenvalue weighted by atomic mass is 9.86. The second-order valence-electron chi connectivity index (χ2n) is 13.6. The molecule has 2 aromatic carbocycles. The van der Waals surface area contributed by atoms with Crippen molar-refractivity contribution >= 4 is 52.9 Å². The number of carbonyl (C=O) groups is 5. The predicted octanol–water partition coefficient (Wildman–Crippen LogP) is 0.868. The van der Waals surface area contributed by atoms with E-state index in [1.54, 1.807) is 23.6 Å².